The lowest BCUT2D eigenvalue weighted by Crippen LogP contribution is -2.31. The van der Waals surface area contributed by atoms with Crippen molar-refractivity contribution in [1.82, 2.24) is 5.32 Å². The molecular weight excluding hydrogens is 254 g/mol. The molecule has 0 aromatic heterocycles. The van der Waals surface area contributed by atoms with Crippen LogP contribution in [0.4, 0.5) is 0 Å². The van der Waals surface area contributed by atoms with Gasteiger partial charge in [-0.2, -0.15) is 0 Å². The standard InChI is InChI=1S/C12H24BrNO/c1-4-5-6-7-8-12(15)14-9-11(13)10(2)3/h10-11H,4-9H2,1-3H3,(H,14,15). The largest absolute Gasteiger partial charge is 0.355 e. The maximum absolute atomic E-state index is 11.4. The van der Waals surface area contributed by atoms with E-state index in [-0.39, 0.29) is 5.91 Å². The van der Waals surface area contributed by atoms with Gasteiger partial charge in [0, 0.05) is 17.8 Å². The molecule has 1 amide bonds. The summed E-state index contributed by atoms with van der Waals surface area (Å²) in [4.78, 5) is 11.8. The predicted molar refractivity (Wildman–Crippen MR) is 69.3 cm³/mol. The van der Waals surface area contributed by atoms with Crippen LogP contribution < -0.4 is 5.32 Å². The Morgan fingerprint density at radius 2 is 1.93 bits per heavy atom. The molecule has 0 aromatic rings. The van der Waals surface area contributed by atoms with Crippen LogP contribution in [0.2, 0.25) is 0 Å². The van der Waals surface area contributed by atoms with Crippen molar-refractivity contribution in [1.29, 1.82) is 0 Å². The molecule has 0 fully saturated rings. The lowest BCUT2D eigenvalue weighted by Gasteiger charge is -2.14. The van der Waals surface area contributed by atoms with E-state index in [1.165, 1.54) is 19.3 Å². The van der Waals surface area contributed by atoms with Crippen LogP contribution in [0.1, 0.15) is 52.9 Å². The number of hydrogen-bond acceptors (Lipinski definition) is 1. The Morgan fingerprint density at radius 1 is 1.27 bits per heavy atom. The zero-order chi connectivity index (χ0) is 11.7. The molecule has 1 atom stereocenters. The molecule has 90 valence electrons. The Hall–Kier alpha value is -0.0500. The number of rotatable bonds is 8. The van der Waals surface area contributed by atoms with Gasteiger partial charge in [-0.15, -0.1) is 0 Å². The van der Waals surface area contributed by atoms with Crippen molar-refractivity contribution in [2.24, 2.45) is 5.92 Å². The molecule has 1 unspecified atom stereocenters. The number of unbranched alkanes of at least 4 members (excludes halogenated alkanes) is 3. The molecule has 0 aliphatic carbocycles. The van der Waals surface area contributed by atoms with Crippen molar-refractivity contribution in [2.45, 2.75) is 57.7 Å². The third-order valence-corrected chi connectivity index (χ3v) is 3.86. The van der Waals surface area contributed by atoms with E-state index in [1.54, 1.807) is 0 Å². The highest BCUT2D eigenvalue weighted by Gasteiger charge is 2.10. The van der Waals surface area contributed by atoms with Gasteiger partial charge in [-0.25, -0.2) is 0 Å². The lowest BCUT2D eigenvalue weighted by molar-refractivity contribution is -0.121. The number of carbonyl (C=O) groups is 1. The van der Waals surface area contributed by atoms with Crippen LogP contribution >= 0.6 is 15.9 Å². The molecule has 3 heteroatoms. The number of hydrogen-bond donors (Lipinski definition) is 1. The summed E-state index contributed by atoms with van der Waals surface area (Å²) in [5.41, 5.74) is 0. The fourth-order valence-corrected chi connectivity index (χ4v) is 1.41. The third-order valence-electron chi connectivity index (χ3n) is 2.48. The molecule has 0 spiro atoms. The summed E-state index contributed by atoms with van der Waals surface area (Å²) >= 11 is 3.55. The zero-order valence-corrected chi connectivity index (χ0v) is 11.8. The van der Waals surface area contributed by atoms with E-state index in [0.29, 0.717) is 17.2 Å². The van der Waals surface area contributed by atoms with Crippen LogP contribution in [0.25, 0.3) is 0 Å². The Bertz CT molecular complexity index is 171. The number of carbonyl (C=O) groups excluding carboxylic acids is 1. The third kappa shape index (κ3) is 8.91. The molecule has 0 saturated carbocycles. The molecule has 0 heterocycles. The van der Waals surface area contributed by atoms with E-state index < -0.39 is 0 Å². The van der Waals surface area contributed by atoms with Crippen LogP contribution in [0, 0.1) is 5.92 Å². The SMILES string of the molecule is CCCCCCC(=O)NCC(Br)C(C)C. The Balaban J connectivity index is 3.41. The van der Waals surface area contributed by atoms with E-state index in [2.05, 4.69) is 42.0 Å². The molecule has 0 bridgehead atoms. The summed E-state index contributed by atoms with van der Waals surface area (Å²) in [5.74, 6) is 0.751. The van der Waals surface area contributed by atoms with Crippen LogP contribution in [0.5, 0.6) is 0 Å². The molecule has 15 heavy (non-hydrogen) atoms. The first-order valence-corrected chi connectivity index (χ1v) is 6.90. The van der Waals surface area contributed by atoms with E-state index >= 15 is 0 Å². The van der Waals surface area contributed by atoms with Crippen molar-refractivity contribution < 1.29 is 4.79 Å². The van der Waals surface area contributed by atoms with Gasteiger partial charge in [0.15, 0.2) is 0 Å². The van der Waals surface area contributed by atoms with Crippen molar-refractivity contribution in [2.75, 3.05) is 6.54 Å². The van der Waals surface area contributed by atoms with Gasteiger partial charge < -0.3 is 5.32 Å². The molecular formula is C12H24BrNO. The number of alkyl halides is 1. The number of nitrogens with one attached hydrogen (secondary N) is 1. The zero-order valence-electron chi connectivity index (χ0n) is 10.2. The quantitative estimate of drug-likeness (QED) is 0.534. The first kappa shape index (κ1) is 14.9. The van der Waals surface area contributed by atoms with Crippen molar-refractivity contribution >= 4 is 21.8 Å². The average Bonchev–Trinajstić information content (AvgIpc) is 2.20. The smallest absolute Gasteiger partial charge is 0.220 e. The summed E-state index contributed by atoms with van der Waals surface area (Å²) in [6, 6.07) is 0. The molecule has 0 radical (unpaired) electrons. The summed E-state index contributed by atoms with van der Waals surface area (Å²) < 4.78 is 0. The second kappa shape index (κ2) is 9.20. The second-order valence-electron chi connectivity index (χ2n) is 4.37. The van der Waals surface area contributed by atoms with E-state index in [9.17, 15) is 4.79 Å². The molecule has 0 aromatic carbocycles. The highest BCUT2D eigenvalue weighted by Crippen LogP contribution is 2.10. The average molecular weight is 278 g/mol. The normalized spacial score (nSPS) is 12.9. The highest BCUT2D eigenvalue weighted by molar-refractivity contribution is 9.09. The summed E-state index contributed by atoms with van der Waals surface area (Å²) in [5, 5.41) is 2.95. The molecule has 0 aliphatic rings. The van der Waals surface area contributed by atoms with Crippen molar-refractivity contribution in [3.63, 3.8) is 0 Å². The van der Waals surface area contributed by atoms with Gasteiger partial charge in [-0.05, 0) is 12.3 Å². The van der Waals surface area contributed by atoms with Crippen LogP contribution in [-0.2, 0) is 4.79 Å². The summed E-state index contributed by atoms with van der Waals surface area (Å²) in [7, 11) is 0. The number of halogens is 1. The Labute approximate surface area is 102 Å². The minimum atomic E-state index is 0.191. The van der Waals surface area contributed by atoms with Gasteiger partial charge in [0.1, 0.15) is 0 Å². The second-order valence-corrected chi connectivity index (χ2v) is 5.55. The van der Waals surface area contributed by atoms with E-state index in [1.807, 2.05) is 0 Å². The summed E-state index contributed by atoms with van der Waals surface area (Å²) in [6.07, 6.45) is 5.33. The molecule has 0 rings (SSSR count). The van der Waals surface area contributed by atoms with E-state index in [0.717, 1.165) is 13.0 Å². The monoisotopic (exact) mass is 277 g/mol. The summed E-state index contributed by atoms with van der Waals surface area (Å²) in [6.45, 7) is 7.21. The van der Waals surface area contributed by atoms with Gasteiger partial charge in [0.25, 0.3) is 0 Å². The van der Waals surface area contributed by atoms with Crippen LogP contribution in [0.3, 0.4) is 0 Å². The van der Waals surface area contributed by atoms with Gasteiger partial charge >= 0.3 is 0 Å². The Morgan fingerprint density at radius 3 is 2.47 bits per heavy atom. The minimum absolute atomic E-state index is 0.191. The van der Waals surface area contributed by atoms with Crippen LogP contribution in [-0.4, -0.2) is 17.3 Å². The predicted octanol–water partition coefficient (Wildman–Crippen LogP) is 3.49. The molecule has 1 N–H and O–H groups in total. The number of amides is 1. The fraction of sp³-hybridized carbons (Fsp3) is 0.917. The Kier molecular flexibility index (Phi) is 9.17. The van der Waals surface area contributed by atoms with Gasteiger partial charge in [-0.3, -0.25) is 4.79 Å². The van der Waals surface area contributed by atoms with Crippen molar-refractivity contribution in [3.05, 3.63) is 0 Å². The van der Waals surface area contributed by atoms with Crippen molar-refractivity contribution in [3.8, 4) is 0 Å². The van der Waals surface area contributed by atoms with Gasteiger partial charge in [0.2, 0.25) is 5.91 Å². The first-order chi connectivity index (χ1) is 7.07. The molecule has 0 aliphatic heterocycles. The molecule has 0 saturated heterocycles. The molecule has 2 nitrogen and oxygen atoms in total. The first-order valence-electron chi connectivity index (χ1n) is 5.98. The maximum Gasteiger partial charge on any atom is 0.220 e. The van der Waals surface area contributed by atoms with Gasteiger partial charge in [0.05, 0.1) is 0 Å². The maximum atomic E-state index is 11.4. The minimum Gasteiger partial charge on any atom is -0.355 e. The highest BCUT2D eigenvalue weighted by atomic mass is 79.9. The van der Waals surface area contributed by atoms with Crippen LogP contribution in [0.15, 0.2) is 0 Å². The lowest BCUT2D eigenvalue weighted by atomic mass is 10.1. The van der Waals surface area contributed by atoms with Gasteiger partial charge in [-0.1, -0.05) is 56.0 Å². The topological polar surface area (TPSA) is 29.1 Å². The fourth-order valence-electron chi connectivity index (χ4n) is 1.25. The van der Waals surface area contributed by atoms with E-state index in [4.69, 9.17) is 0 Å².